The standard InChI is InChI=1S/C29H27N3O3/c1-32(2)19-21-11-13-22(14-12-21)26-9-5-3-8-24(26)18-31-29(33)28-16-15-25(35-28)20-34-27-10-6-4-7-23(27)17-30/h3-16H,18-20H2,1-2H3,(H,31,33). The molecule has 0 unspecified atom stereocenters. The van der Waals surface area contributed by atoms with Crippen LogP contribution in [0.25, 0.3) is 11.1 Å². The molecule has 0 radical (unpaired) electrons. The Morgan fingerprint density at radius 3 is 2.49 bits per heavy atom. The molecule has 0 aliphatic heterocycles. The predicted molar refractivity (Wildman–Crippen MR) is 135 cm³/mol. The number of nitrogens with one attached hydrogen (secondary N) is 1. The van der Waals surface area contributed by atoms with E-state index in [2.05, 4.69) is 60.7 Å². The summed E-state index contributed by atoms with van der Waals surface area (Å²) in [6.45, 7) is 1.38. The third-order valence-electron chi connectivity index (χ3n) is 5.48. The molecule has 3 aromatic carbocycles. The number of benzene rings is 3. The fraction of sp³-hybridized carbons (Fsp3) is 0.172. The number of ether oxygens (including phenoxy) is 1. The molecule has 1 N–H and O–H groups in total. The van der Waals surface area contributed by atoms with Crippen molar-refractivity contribution in [1.82, 2.24) is 10.2 Å². The Labute approximate surface area is 205 Å². The van der Waals surface area contributed by atoms with Gasteiger partial charge in [0.2, 0.25) is 0 Å². The van der Waals surface area contributed by atoms with Crippen molar-refractivity contribution in [3.05, 3.63) is 113 Å². The average molecular weight is 466 g/mol. The molecule has 0 fully saturated rings. The lowest BCUT2D eigenvalue weighted by Gasteiger charge is -2.13. The van der Waals surface area contributed by atoms with Gasteiger partial charge in [0.05, 0.1) is 5.56 Å². The van der Waals surface area contributed by atoms with Crippen molar-refractivity contribution in [3.63, 3.8) is 0 Å². The minimum atomic E-state index is -0.301. The van der Waals surface area contributed by atoms with Crippen LogP contribution in [0.3, 0.4) is 0 Å². The number of rotatable bonds is 9. The summed E-state index contributed by atoms with van der Waals surface area (Å²) >= 11 is 0. The van der Waals surface area contributed by atoms with Gasteiger partial charge >= 0.3 is 0 Å². The predicted octanol–water partition coefficient (Wildman–Crippen LogP) is 5.39. The van der Waals surface area contributed by atoms with E-state index in [1.54, 1.807) is 36.4 Å². The lowest BCUT2D eigenvalue weighted by atomic mass is 9.98. The van der Waals surface area contributed by atoms with Crippen LogP contribution >= 0.6 is 0 Å². The maximum atomic E-state index is 12.7. The topological polar surface area (TPSA) is 78.5 Å². The van der Waals surface area contributed by atoms with Crippen LogP contribution in [-0.2, 0) is 19.7 Å². The van der Waals surface area contributed by atoms with Gasteiger partial charge in [-0.15, -0.1) is 0 Å². The van der Waals surface area contributed by atoms with Gasteiger partial charge in [0, 0.05) is 13.1 Å². The summed E-state index contributed by atoms with van der Waals surface area (Å²) in [6.07, 6.45) is 0. The van der Waals surface area contributed by atoms with Gasteiger partial charge in [-0.05, 0) is 60.6 Å². The summed E-state index contributed by atoms with van der Waals surface area (Å²) < 4.78 is 11.3. The number of hydrogen-bond acceptors (Lipinski definition) is 5. The van der Waals surface area contributed by atoms with Gasteiger partial charge in [-0.2, -0.15) is 5.26 Å². The van der Waals surface area contributed by atoms with Crippen molar-refractivity contribution < 1.29 is 13.9 Å². The van der Waals surface area contributed by atoms with Crippen LogP contribution in [0.5, 0.6) is 5.75 Å². The van der Waals surface area contributed by atoms with Gasteiger partial charge in [0.15, 0.2) is 5.76 Å². The van der Waals surface area contributed by atoms with Gasteiger partial charge in [-0.3, -0.25) is 4.79 Å². The van der Waals surface area contributed by atoms with Crippen LogP contribution in [-0.4, -0.2) is 24.9 Å². The van der Waals surface area contributed by atoms with Crippen LogP contribution in [0.15, 0.2) is 89.3 Å². The number of furan rings is 1. The smallest absolute Gasteiger partial charge is 0.287 e. The van der Waals surface area contributed by atoms with Crippen LogP contribution in [0.1, 0.15) is 33.0 Å². The molecule has 1 heterocycles. The van der Waals surface area contributed by atoms with E-state index in [1.165, 1.54) is 5.56 Å². The third-order valence-corrected chi connectivity index (χ3v) is 5.48. The molecule has 0 spiro atoms. The maximum absolute atomic E-state index is 12.7. The lowest BCUT2D eigenvalue weighted by molar-refractivity contribution is 0.0919. The van der Waals surface area contributed by atoms with Gasteiger partial charge in [0.1, 0.15) is 24.2 Å². The minimum Gasteiger partial charge on any atom is -0.484 e. The van der Waals surface area contributed by atoms with Crippen molar-refractivity contribution in [1.29, 1.82) is 5.26 Å². The number of para-hydroxylation sites is 1. The SMILES string of the molecule is CN(C)Cc1ccc(-c2ccccc2CNC(=O)c2ccc(COc3ccccc3C#N)o2)cc1. The highest BCUT2D eigenvalue weighted by molar-refractivity contribution is 5.91. The van der Waals surface area contributed by atoms with E-state index < -0.39 is 0 Å². The second-order valence-electron chi connectivity index (χ2n) is 8.44. The molecule has 0 saturated heterocycles. The van der Waals surface area contributed by atoms with E-state index in [9.17, 15) is 10.1 Å². The molecule has 0 saturated carbocycles. The summed E-state index contributed by atoms with van der Waals surface area (Å²) in [5.41, 5.74) is 4.90. The second-order valence-corrected chi connectivity index (χ2v) is 8.44. The van der Waals surface area contributed by atoms with Crippen LogP contribution in [0.4, 0.5) is 0 Å². The molecule has 0 aliphatic rings. The van der Waals surface area contributed by atoms with Crippen LogP contribution < -0.4 is 10.1 Å². The minimum absolute atomic E-state index is 0.124. The van der Waals surface area contributed by atoms with Crippen molar-refractivity contribution in [2.45, 2.75) is 19.7 Å². The normalized spacial score (nSPS) is 10.7. The zero-order valence-electron chi connectivity index (χ0n) is 19.8. The molecule has 6 nitrogen and oxygen atoms in total. The van der Waals surface area contributed by atoms with Gasteiger partial charge in [-0.1, -0.05) is 60.7 Å². The number of carbonyl (C=O) groups is 1. The molecular formula is C29H27N3O3. The first-order valence-electron chi connectivity index (χ1n) is 11.3. The third kappa shape index (κ3) is 6.17. The Hall–Kier alpha value is -4.34. The largest absolute Gasteiger partial charge is 0.484 e. The summed E-state index contributed by atoms with van der Waals surface area (Å²) in [5, 5.41) is 12.1. The molecule has 4 aromatic rings. The summed E-state index contributed by atoms with van der Waals surface area (Å²) in [4.78, 5) is 14.8. The highest BCUT2D eigenvalue weighted by Crippen LogP contribution is 2.25. The van der Waals surface area contributed by atoms with Crippen molar-refractivity contribution >= 4 is 5.91 Å². The molecule has 1 amide bonds. The van der Waals surface area contributed by atoms with E-state index in [0.29, 0.717) is 23.6 Å². The van der Waals surface area contributed by atoms with E-state index in [4.69, 9.17) is 9.15 Å². The number of hydrogen-bond donors (Lipinski definition) is 1. The number of amides is 1. The van der Waals surface area contributed by atoms with E-state index >= 15 is 0 Å². The first-order chi connectivity index (χ1) is 17.0. The molecule has 176 valence electrons. The Morgan fingerprint density at radius 1 is 0.971 bits per heavy atom. The zero-order valence-corrected chi connectivity index (χ0v) is 19.8. The van der Waals surface area contributed by atoms with Crippen molar-refractivity contribution in [3.8, 4) is 22.9 Å². The first-order valence-corrected chi connectivity index (χ1v) is 11.3. The van der Waals surface area contributed by atoms with Crippen molar-refractivity contribution in [2.24, 2.45) is 0 Å². The number of nitrogens with zero attached hydrogens (tertiary/aromatic N) is 2. The Morgan fingerprint density at radius 2 is 1.71 bits per heavy atom. The molecule has 35 heavy (non-hydrogen) atoms. The van der Waals surface area contributed by atoms with E-state index in [0.717, 1.165) is 23.2 Å². The second kappa shape index (κ2) is 11.2. The summed E-state index contributed by atoms with van der Waals surface area (Å²) in [7, 11) is 4.10. The summed E-state index contributed by atoms with van der Waals surface area (Å²) in [5.74, 6) is 0.886. The fourth-order valence-electron chi connectivity index (χ4n) is 3.78. The van der Waals surface area contributed by atoms with Crippen molar-refractivity contribution in [2.75, 3.05) is 14.1 Å². The molecule has 4 rings (SSSR count). The molecule has 6 heteroatoms. The molecule has 0 aliphatic carbocycles. The van der Waals surface area contributed by atoms with Crippen LogP contribution in [0.2, 0.25) is 0 Å². The van der Waals surface area contributed by atoms with E-state index in [1.807, 2.05) is 18.2 Å². The number of carbonyl (C=O) groups excluding carboxylic acids is 1. The zero-order chi connectivity index (χ0) is 24.6. The van der Waals surface area contributed by atoms with Gasteiger partial charge in [0.25, 0.3) is 5.91 Å². The molecule has 1 aromatic heterocycles. The molecule has 0 bridgehead atoms. The average Bonchev–Trinajstić information content (AvgIpc) is 3.36. The van der Waals surface area contributed by atoms with Gasteiger partial charge < -0.3 is 19.4 Å². The Balaban J connectivity index is 1.38. The van der Waals surface area contributed by atoms with Gasteiger partial charge in [-0.25, -0.2) is 0 Å². The molecule has 0 atom stereocenters. The highest BCUT2D eigenvalue weighted by atomic mass is 16.5. The summed E-state index contributed by atoms with van der Waals surface area (Å²) in [6, 6.07) is 28.9. The lowest BCUT2D eigenvalue weighted by Crippen LogP contribution is -2.22. The Kier molecular flexibility index (Phi) is 7.61. The monoisotopic (exact) mass is 465 g/mol. The highest BCUT2D eigenvalue weighted by Gasteiger charge is 2.13. The quantitative estimate of drug-likeness (QED) is 0.359. The first kappa shape index (κ1) is 23.8. The number of nitriles is 1. The van der Waals surface area contributed by atoms with Crippen LogP contribution in [0, 0.1) is 11.3 Å². The molecular weight excluding hydrogens is 438 g/mol. The van der Waals surface area contributed by atoms with E-state index in [-0.39, 0.29) is 18.3 Å². The maximum Gasteiger partial charge on any atom is 0.287 e. The fourth-order valence-corrected chi connectivity index (χ4v) is 3.78. The Bertz CT molecular complexity index is 1330.